The lowest BCUT2D eigenvalue weighted by molar-refractivity contribution is 0.265. The monoisotopic (exact) mass is 354 g/mol. The number of hydrogen-bond donors (Lipinski definition) is 2. The number of rotatable bonds is 4. The summed E-state index contributed by atoms with van der Waals surface area (Å²) in [5.41, 5.74) is 15.6. The average Bonchev–Trinajstić information content (AvgIpc) is 3.29. The first kappa shape index (κ1) is 17.6. The van der Waals surface area contributed by atoms with Gasteiger partial charge in [0.05, 0.1) is 17.4 Å². The molecule has 0 amide bonds. The Morgan fingerprint density at radius 3 is 2.65 bits per heavy atom. The van der Waals surface area contributed by atoms with E-state index in [2.05, 4.69) is 10.1 Å². The summed E-state index contributed by atoms with van der Waals surface area (Å²) in [4.78, 5) is 9.40. The van der Waals surface area contributed by atoms with Gasteiger partial charge in [-0.3, -0.25) is 4.68 Å². The number of nitrogens with zero attached hydrogens (tertiary/aromatic N) is 4. The van der Waals surface area contributed by atoms with E-state index in [1.54, 1.807) is 0 Å². The molecule has 0 radical (unpaired) electrons. The van der Waals surface area contributed by atoms with Crippen LogP contribution in [0.1, 0.15) is 62.9 Å². The highest BCUT2D eigenvalue weighted by atomic mass is 15.3. The van der Waals surface area contributed by atoms with Gasteiger partial charge in [-0.05, 0) is 44.1 Å². The molecule has 2 heterocycles. The van der Waals surface area contributed by atoms with Crippen molar-refractivity contribution in [1.29, 1.82) is 0 Å². The van der Waals surface area contributed by atoms with Crippen LogP contribution < -0.4 is 11.5 Å². The first-order valence-corrected chi connectivity index (χ1v) is 9.94. The van der Waals surface area contributed by atoms with Crippen molar-refractivity contribution in [3.63, 3.8) is 0 Å². The molecule has 2 aromatic rings. The van der Waals surface area contributed by atoms with E-state index < -0.39 is 5.54 Å². The molecular formula is C20H30N6. The molecule has 6 nitrogen and oxygen atoms in total. The molecule has 0 atom stereocenters. The zero-order valence-corrected chi connectivity index (χ0v) is 15.7. The van der Waals surface area contributed by atoms with Gasteiger partial charge in [0.1, 0.15) is 5.82 Å². The highest BCUT2D eigenvalue weighted by Gasteiger charge is 2.35. The number of hydrogen-bond acceptors (Lipinski definition) is 5. The highest BCUT2D eigenvalue weighted by Crippen LogP contribution is 2.34. The molecule has 2 fully saturated rings. The molecule has 140 valence electrons. The Morgan fingerprint density at radius 2 is 1.92 bits per heavy atom. The Bertz CT molecular complexity index is 753. The van der Waals surface area contributed by atoms with Crippen molar-refractivity contribution >= 4 is 0 Å². The Morgan fingerprint density at radius 1 is 1.19 bits per heavy atom. The minimum Gasteiger partial charge on any atom is -0.328 e. The lowest BCUT2D eigenvalue weighted by Crippen LogP contribution is -2.44. The summed E-state index contributed by atoms with van der Waals surface area (Å²) in [6, 6.07) is 2.24. The normalized spacial score (nSPS) is 27.1. The fourth-order valence-electron chi connectivity index (χ4n) is 4.53. The van der Waals surface area contributed by atoms with Gasteiger partial charge in [0.2, 0.25) is 0 Å². The Kier molecular flexibility index (Phi) is 4.80. The third-order valence-electron chi connectivity index (χ3n) is 6.32. The van der Waals surface area contributed by atoms with Gasteiger partial charge >= 0.3 is 0 Å². The van der Waals surface area contributed by atoms with E-state index in [4.69, 9.17) is 16.5 Å². The van der Waals surface area contributed by atoms with Crippen LogP contribution in [0.3, 0.4) is 0 Å². The minimum absolute atomic E-state index is 0.256. The summed E-state index contributed by atoms with van der Waals surface area (Å²) in [6.45, 7) is 0. The topological polar surface area (TPSA) is 95.6 Å². The molecule has 0 aliphatic heterocycles. The summed E-state index contributed by atoms with van der Waals surface area (Å²) in [6.07, 6.45) is 13.8. The molecule has 6 heteroatoms. The van der Waals surface area contributed by atoms with Gasteiger partial charge in [-0.2, -0.15) is 5.10 Å². The van der Waals surface area contributed by atoms with Gasteiger partial charge in [0, 0.05) is 30.5 Å². The standard InChI is InChI=1S/C20H30N6/c1-26-18(12-14-4-2-3-5-14)16(13-24-26)17-8-11-23-19(25-17)20(22)9-6-15(21)7-10-20/h8,11,13-15H,2-7,9-10,12,21-22H2,1H3. The molecular weight excluding hydrogens is 324 g/mol. The van der Waals surface area contributed by atoms with Gasteiger partial charge in [0.25, 0.3) is 0 Å². The maximum Gasteiger partial charge on any atom is 0.148 e. The molecule has 0 bridgehead atoms. The van der Waals surface area contributed by atoms with Crippen LogP contribution >= 0.6 is 0 Å². The molecule has 0 unspecified atom stereocenters. The Balaban J connectivity index is 1.63. The number of nitrogens with two attached hydrogens (primary N) is 2. The molecule has 0 saturated heterocycles. The third-order valence-corrected chi connectivity index (χ3v) is 6.32. The number of aromatic nitrogens is 4. The van der Waals surface area contributed by atoms with Crippen LogP contribution in [-0.4, -0.2) is 25.8 Å². The van der Waals surface area contributed by atoms with Crippen LogP contribution in [0.5, 0.6) is 0 Å². The molecule has 0 aromatic carbocycles. The predicted octanol–water partition coefficient (Wildman–Crippen LogP) is 2.67. The van der Waals surface area contributed by atoms with Crippen molar-refractivity contribution < 1.29 is 0 Å². The summed E-state index contributed by atoms with van der Waals surface area (Å²) in [7, 11) is 2.03. The zero-order chi connectivity index (χ0) is 18.1. The summed E-state index contributed by atoms with van der Waals surface area (Å²) < 4.78 is 2.01. The summed E-state index contributed by atoms with van der Waals surface area (Å²) in [5.74, 6) is 1.52. The Labute approximate surface area is 155 Å². The third kappa shape index (κ3) is 3.40. The molecule has 2 aliphatic rings. The summed E-state index contributed by atoms with van der Waals surface area (Å²) in [5, 5.41) is 4.51. The average molecular weight is 355 g/mol. The molecule has 4 N–H and O–H groups in total. The van der Waals surface area contributed by atoms with Crippen molar-refractivity contribution in [3.05, 3.63) is 30.0 Å². The van der Waals surface area contributed by atoms with E-state index in [9.17, 15) is 0 Å². The SMILES string of the molecule is Cn1ncc(-c2ccnc(C3(N)CCC(N)CC3)n2)c1CC1CCCC1. The Hall–Kier alpha value is -1.79. The van der Waals surface area contributed by atoms with Gasteiger partial charge < -0.3 is 11.5 Å². The molecule has 0 spiro atoms. The molecule has 26 heavy (non-hydrogen) atoms. The van der Waals surface area contributed by atoms with Gasteiger partial charge in [-0.25, -0.2) is 9.97 Å². The van der Waals surface area contributed by atoms with Gasteiger partial charge in [-0.15, -0.1) is 0 Å². The lowest BCUT2D eigenvalue weighted by atomic mass is 9.80. The van der Waals surface area contributed by atoms with Crippen LogP contribution in [0.15, 0.2) is 18.5 Å². The van der Waals surface area contributed by atoms with Crippen LogP contribution in [0.25, 0.3) is 11.3 Å². The molecule has 2 aliphatic carbocycles. The van der Waals surface area contributed by atoms with E-state index >= 15 is 0 Å². The van der Waals surface area contributed by atoms with Crippen molar-refractivity contribution in [2.24, 2.45) is 24.4 Å². The molecule has 4 rings (SSSR count). The van der Waals surface area contributed by atoms with Crippen LogP contribution in [-0.2, 0) is 19.0 Å². The van der Waals surface area contributed by atoms with Gasteiger partial charge in [0.15, 0.2) is 0 Å². The van der Waals surface area contributed by atoms with E-state index in [1.165, 1.54) is 31.4 Å². The van der Waals surface area contributed by atoms with Crippen LogP contribution in [0.4, 0.5) is 0 Å². The van der Waals surface area contributed by atoms with Crippen molar-refractivity contribution in [2.75, 3.05) is 0 Å². The predicted molar refractivity (Wildman–Crippen MR) is 102 cm³/mol. The van der Waals surface area contributed by atoms with Gasteiger partial charge in [-0.1, -0.05) is 25.7 Å². The maximum absolute atomic E-state index is 6.66. The van der Waals surface area contributed by atoms with Crippen molar-refractivity contribution in [3.8, 4) is 11.3 Å². The second kappa shape index (κ2) is 7.08. The summed E-state index contributed by atoms with van der Waals surface area (Å²) >= 11 is 0. The fraction of sp³-hybridized carbons (Fsp3) is 0.650. The van der Waals surface area contributed by atoms with Crippen molar-refractivity contribution in [1.82, 2.24) is 19.7 Å². The highest BCUT2D eigenvalue weighted by molar-refractivity contribution is 5.61. The largest absolute Gasteiger partial charge is 0.328 e. The van der Waals surface area contributed by atoms with E-state index in [1.807, 2.05) is 30.2 Å². The van der Waals surface area contributed by atoms with Crippen LogP contribution in [0, 0.1) is 5.92 Å². The zero-order valence-electron chi connectivity index (χ0n) is 15.7. The van der Waals surface area contributed by atoms with Crippen molar-refractivity contribution in [2.45, 2.75) is 69.4 Å². The van der Waals surface area contributed by atoms with E-state index in [0.717, 1.165) is 55.1 Å². The lowest BCUT2D eigenvalue weighted by Gasteiger charge is -2.34. The fourth-order valence-corrected chi connectivity index (χ4v) is 4.53. The molecule has 2 saturated carbocycles. The number of aryl methyl sites for hydroxylation is 1. The van der Waals surface area contributed by atoms with E-state index in [-0.39, 0.29) is 6.04 Å². The minimum atomic E-state index is -0.459. The quantitative estimate of drug-likeness (QED) is 0.880. The first-order valence-electron chi connectivity index (χ1n) is 9.94. The second-order valence-corrected chi connectivity index (χ2v) is 8.24. The van der Waals surface area contributed by atoms with Crippen LogP contribution in [0.2, 0.25) is 0 Å². The van der Waals surface area contributed by atoms with E-state index in [0.29, 0.717) is 0 Å². The smallest absolute Gasteiger partial charge is 0.148 e. The second-order valence-electron chi connectivity index (χ2n) is 8.24. The first-order chi connectivity index (χ1) is 12.5. The maximum atomic E-state index is 6.66. The molecule has 2 aromatic heterocycles.